The zero-order valence-electron chi connectivity index (χ0n) is 7.19. The lowest BCUT2D eigenvalue weighted by Crippen LogP contribution is -2.10. The van der Waals surface area contributed by atoms with Crippen LogP contribution >= 0.6 is 0 Å². The van der Waals surface area contributed by atoms with Crippen LogP contribution in [-0.4, -0.2) is 23.9 Å². The molecule has 12 heavy (non-hydrogen) atoms. The van der Waals surface area contributed by atoms with E-state index < -0.39 is 10.0 Å². The van der Waals surface area contributed by atoms with Crippen molar-refractivity contribution < 1.29 is 8.42 Å². The van der Waals surface area contributed by atoms with Gasteiger partial charge in [0.2, 0.25) is 0 Å². The first-order chi connectivity index (χ1) is 5.54. The second-order valence-electron chi connectivity index (χ2n) is 2.69. The molecule has 0 bridgehead atoms. The van der Waals surface area contributed by atoms with E-state index in [0.29, 0.717) is 0 Å². The van der Waals surface area contributed by atoms with Crippen LogP contribution in [0.5, 0.6) is 0 Å². The highest BCUT2D eigenvalue weighted by molar-refractivity contribution is 7.89. The minimum absolute atomic E-state index is 0.822. The molecule has 0 atom stereocenters. The summed E-state index contributed by atoms with van der Waals surface area (Å²) in [6.07, 6.45) is 4.40. The highest BCUT2D eigenvalue weighted by atomic mass is 32.2. The van der Waals surface area contributed by atoms with Crippen molar-refractivity contribution in [2.45, 2.75) is 19.8 Å². The van der Waals surface area contributed by atoms with Crippen molar-refractivity contribution in [1.29, 1.82) is 0 Å². The smallest absolute Gasteiger partial charge is 0.205 e. The van der Waals surface area contributed by atoms with Crippen molar-refractivity contribution in [1.82, 2.24) is 9.19 Å². The number of nitrogens with zero attached hydrogens (tertiary/aromatic N) is 2. The number of aromatic nitrogens is 2. The average molecular weight is 188 g/mol. The Morgan fingerprint density at radius 3 is 2.67 bits per heavy atom. The van der Waals surface area contributed by atoms with Crippen LogP contribution in [0.2, 0.25) is 0 Å². The zero-order valence-corrected chi connectivity index (χ0v) is 8.00. The Labute approximate surface area is 72.3 Å². The predicted molar refractivity (Wildman–Crippen MR) is 46.5 cm³/mol. The lowest BCUT2D eigenvalue weighted by molar-refractivity contribution is 0.585. The van der Waals surface area contributed by atoms with Gasteiger partial charge in [-0.2, -0.15) is 9.19 Å². The van der Waals surface area contributed by atoms with Crippen molar-refractivity contribution in [3.05, 3.63) is 18.0 Å². The fraction of sp³-hybridized carbons (Fsp3) is 0.571. The maximum absolute atomic E-state index is 11.0. The van der Waals surface area contributed by atoms with Gasteiger partial charge in [0.1, 0.15) is 0 Å². The number of hydrogen-bond acceptors (Lipinski definition) is 3. The first-order valence-corrected chi connectivity index (χ1v) is 5.64. The summed E-state index contributed by atoms with van der Waals surface area (Å²) >= 11 is 0. The first kappa shape index (κ1) is 9.25. The quantitative estimate of drug-likeness (QED) is 0.699. The third kappa shape index (κ3) is 2.07. The molecule has 0 aliphatic heterocycles. The van der Waals surface area contributed by atoms with Gasteiger partial charge in [-0.1, -0.05) is 13.3 Å². The van der Waals surface area contributed by atoms with Gasteiger partial charge in [0, 0.05) is 6.20 Å². The lowest BCUT2D eigenvalue weighted by Gasteiger charge is -1.94. The zero-order chi connectivity index (χ0) is 9.19. The van der Waals surface area contributed by atoms with Crippen molar-refractivity contribution in [2.24, 2.45) is 0 Å². The molecule has 1 aromatic rings. The van der Waals surface area contributed by atoms with Crippen molar-refractivity contribution in [3.63, 3.8) is 0 Å². The highest BCUT2D eigenvalue weighted by Gasteiger charge is 2.06. The van der Waals surface area contributed by atoms with Crippen LogP contribution in [0.3, 0.4) is 0 Å². The Bertz CT molecular complexity index is 353. The Balaban J connectivity index is 2.92. The second kappa shape index (κ2) is 3.26. The predicted octanol–water partition coefficient (Wildman–Crippen LogP) is 0.643. The summed E-state index contributed by atoms with van der Waals surface area (Å²) in [7, 11) is -3.19. The molecule has 0 aromatic carbocycles. The largest absolute Gasteiger partial charge is 0.250 e. The van der Waals surface area contributed by atoms with Crippen LogP contribution in [0.1, 0.15) is 19.0 Å². The van der Waals surface area contributed by atoms with E-state index in [1.165, 1.54) is 6.20 Å². The van der Waals surface area contributed by atoms with Crippen LogP contribution in [0.4, 0.5) is 0 Å². The third-order valence-corrected chi connectivity index (χ3v) is 2.35. The fourth-order valence-corrected chi connectivity index (χ4v) is 1.45. The Morgan fingerprint density at radius 2 is 2.25 bits per heavy atom. The average Bonchev–Trinajstić information content (AvgIpc) is 2.35. The van der Waals surface area contributed by atoms with Crippen LogP contribution < -0.4 is 0 Å². The molecule has 1 heterocycles. The second-order valence-corrected chi connectivity index (χ2v) is 4.53. The molecule has 0 N–H and O–H groups in total. The van der Waals surface area contributed by atoms with E-state index in [4.69, 9.17) is 0 Å². The molecule has 0 saturated heterocycles. The van der Waals surface area contributed by atoms with Crippen LogP contribution in [0.25, 0.3) is 0 Å². The molecule has 0 spiro atoms. The molecule has 4 nitrogen and oxygen atoms in total. The summed E-state index contributed by atoms with van der Waals surface area (Å²) in [6, 6.07) is 1.73. The Hall–Kier alpha value is -0.840. The van der Waals surface area contributed by atoms with Crippen molar-refractivity contribution in [2.75, 3.05) is 6.26 Å². The van der Waals surface area contributed by atoms with Gasteiger partial charge >= 0.3 is 0 Å². The van der Waals surface area contributed by atoms with E-state index in [2.05, 4.69) is 5.10 Å². The topological polar surface area (TPSA) is 52.0 Å². The van der Waals surface area contributed by atoms with Crippen LogP contribution in [-0.2, 0) is 16.4 Å². The van der Waals surface area contributed by atoms with Gasteiger partial charge < -0.3 is 0 Å². The third-order valence-electron chi connectivity index (χ3n) is 1.47. The monoisotopic (exact) mass is 188 g/mol. The Morgan fingerprint density at radius 1 is 1.58 bits per heavy atom. The van der Waals surface area contributed by atoms with E-state index in [1.807, 2.05) is 6.92 Å². The normalized spacial score (nSPS) is 11.8. The molecular weight excluding hydrogens is 176 g/mol. The minimum atomic E-state index is -3.19. The first-order valence-electron chi connectivity index (χ1n) is 3.79. The molecule has 1 aromatic heterocycles. The van der Waals surface area contributed by atoms with Gasteiger partial charge in [0.25, 0.3) is 10.0 Å². The molecule has 5 heteroatoms. The molecule has 1 rings (SSSR count). The summed E-state index contributed by atoms with van der Waals surface area (Å²) < 4.78 is 22.9. The van der Waals surface area contributed by atoms with Gasteiger partial charge in [-0.3, -0.25) is 0 Å². The van der Waals surface area contributed by atoms with E-state index in [0.717, 1.165) is 28.9 Å². The Kier molecular flexibility index (Phi) is 2.52. The summed E-state index contributed by atoms with van der Waals surface area (Å²) in [5.74, 6) is 0. The maximum Gasteiger partial charge on any atom is 0.250 e. The molecule has 0 aliphatic carbocycles. The van der Waals surface area contributed by atoms with Gasteiger partial charge in [-0.25, -0.2) is 8.42 Å². The molecular formula is C7H12N2O2S. The summed E-state index contributed by atoms with van der Waals surface area (Å²) in [5.41, 5.74) is 0.822. The van der Waals surface area contributed by atoms with E-state index in [9.17, 15) is 8.42 Å². The van der Waals surface area contributed by atoms with E-state index in [1.54, 1.807) is 6.07 Å². The van der Waals surface area contributed by atoms with Crippen LogP contribution in [0, 0.1) is 0 Å². The van der Waals surface area contributed by atoms with Gasteiger partial charge in [0.05, 0.1) is 11.9 Å². The molecule has 0 aliphatic rings. The van der Waals surface area contributed by atoms with E-state index in [-0.39, 0.29) is 0 Å². The standard InChI is InChI=1S/C7H12N2O2S/c1-3-4-7-5-6-9(8-7)12(2,10)11/h5-6H,3-4H2,1-2H3. The number of rotatable bonds is 3. The summed E-state index contributed by atoms with van der Waals surface area (Å²) in [4.78, 5) is 0. The molecule has 0 fully saturated rings. The molecule has 68 valence electrons. The summed E-state index contributed by atoms with van der Waals surface area (Å²) in [5, 5.41) is 3.90. The highest BCUT2D eigenvalue weighted by Crippen LogP contribution is 2.00. The molecule has 0 unspecified atom stereocenters. The lowest BCUT2D eigenvalue weighted by atomic mass is 10.3. The SMILES string of the molecule is CCCc1ccn(S(C)(=O)=O)n1. The number of hydrogen-bond donors (Lipinski definition) is 0. The molecule has 0 saturated carbocycles. The number of aryl methyl sites for hydroxylation is 1. The van der Waals surface area contributed by atoms with E-state index >= 15 is 0 Å². The maximum atomic E-state index is 11.0. The van der Waals surface area contributed by atoms with Crippen molar-refractivity contribution >= 4 is 10.0 Å². The van der Waals surface area contributed by atoms with Gasteiger partial charge in [-0.05, 0) is 12.5 Å². The van der Waals surface area contributed by atoms with Gasteiger partial charge in [-0.15, -0.1) is 0 Å². The minimum Gasteiger partial charge on any atom is -0.205 e. The fourth-order valence-electron chi connectivity index (χ4n) is 0.917. The summed E-state index contributed by atoms with van der Waals surface area (Å²) in [6.45, 7) is 2.03. The molecule has 0 amide bonds. The van der Waals surface area contributed by atoms with Crippen molar-refractivity contribution in [3.8, 4) is 0 Å². The molecule has 0 radical (unpaired) electrons. The van der Waals surface area contributed by atoms with Crippen LogP contribution in [0.15, 0.2) is 12.3 Å². The van der Waals surface area contributed by atoms with Gasteiger partial charge in [0.15, 0.2) is 0 Å².